The van der Waals surface area contributed by atoms with Crippen LogP contribution < -0.4 is 10.2 Å². The highest BCUT2D eigenvalue weighted by molar-refractivity contribution is 5.71. The lowest BCUT2D eigenvalue weighted by Gasteiger charge is -2.35. The number of nitrogens with one attached hydrogen (secondary N) is 1. The fourth-order valence-corrected chi connectivity index (χ4v) is 4.13. The zero-order chi connectivity index (χ0) is 25.7. The second kappa shape index (κ2) is 10.9. The summed E-state index contributed by atoms with van der Waals surface area (Å²) in [6.07, 6.45) is -0.847. The quantitative estimate of drug-likeness (QED) is 0.464. The smallest absolute Gasteiger partial charge is 0.433 e. The molecular formula is C25H27F3N6O2. The predicted octanol–water partition coefficient (Wildman–Crippen LogP) is 4.60. The van der Waals surface area contributed by atoms with Gasteiger partial charge in [-0.3, -0.25) is 9.69 Å². The van der Waals surface area contributed by atoms with Gasteiger partial charge in [-0.1, -0.05) is 6.07 Å². The highest BCUT2D eigenvalue weighted by atomic mass is 19.4. The fourth-order valence-electron chi connectivity index (χ4n) is 4.13. The number of benzene rings is 1. The summed E-state index contributed by atoms with van der Waals surface area (Å²) in [7, 11) is 0. The third-order valence-corrected chi connectivity index (χ3v) is 5.92. The standard InChI is InChI=1S/C25H27F3N6O2/c1-17-13-19(15-20(14-17)31-24-29-7-6-21(32-24)25(26,27)28)18-4-5-22(30-16-18)34-11-9-33(10-12-34)8-2-3-23(35)36/h4-7,13-16H,2-3,8-12H2,1H3,(H,35,36)(H,29,31,32). The highest BCUT2D eigenvalue weighted by Crippen LogP contribution is 2.30. The number of carbonyl (C=O) groups is 1. The van der Waals surface area contributed by atoms with Crippen molar-refractivity contribution in [1.82, 2.24) is 19.9 Å². The van der Waals surface area contributed by atoms with E-state index in [0.29, 0.717) is 12.1 Å². The Kier molecular flexibility index (Phi) is 7.68. The lowest BCUT2D eigenvalue weighted by atomic mass is 10.0. The molecule has 0 spiro atoms. The second-order valence-electron chi connectivity index (χ2n) is 8.71. The van der Waals surface area contributed by atoms with E-state index in [-0.39, 0.29) is 12.4 Å². The molecule has 8 nitrogen and oxygen atoms in total. The van der Waals surface area contributed by atoms with Crippen LogP contribution in [0.1, 0.15) is 24.1 Å². The minimum absolute atomic E-state index is 0.128. The number of alkyl halides is 3. The van der Waals surface area contributed by atoms with Crippen molar-refractivity contribution in [2.45, 2.75) is 25.9 Å². The molecule has 11 heteroatoms. The first-order valence-electron chi connectivity index (χ1n) is 11.6. The summed E-state index contributed by atoms with van der Waals surface area (Å²) in [4.78, 5) is 27.3. The van der Waals surface area contributed by atoms with Gasteiger partial charge in [-0.2, -0.15) is 13.2 Å². The first kappa shape index (κ1) is 25.4. The minimum Gasteiger partial charge on any atom is -0.481 e. The Morgan fingerprint density at radius 2 is 1.83 bits per heavy atom. The average molecular weight is 501 g/mol. The van der Waals surface area contributed by atoms with E-state index in [2.05, 4.69) is 30.1 Å². The number of anilines is 3. The van der Waals surface area contributed by atoms with Crippen LogP contribution in [0.25, 0.3) is 11.1 Å². The van der Waals surface area contributed by atoms with Gasteiger partial charge in [-0.25, -0.2) is 15.0 Å². The number of piperazine rings is 1. The van der Waals surface area contributed by atoms with Gasteiger partial charge in [0.05, 0.1) is 0 Å². The lowest BCUT2D eigenvalue weighted by Crippen LogP contribution is -2.46. The number of aliphatic carboxylic acids is 1. The predicted molar refractivity (Wildman–Crippen MR) is 130 cm³/mol. The molecule has 0 atom stereocenters. The van der Waals surface area contributed by atoms with Crippen LogP contribution in [0.3, 0.4) is 0 Å². The molecule has 1 aromatic carbocycles. The molecule has 2 N–H and O–H groups in total. The topological polar surface area (TPSA) is 94.5 Å². The van der Waals surface area contributed by atoms with Crippen molar-refractivity contribution in [1.29, 1.82) is 0 Å². The SMILES string of the molecule is Cc1cc(Nc2nccc(C(F)(F)F)n2)cc(-c2ccc(N3CCN(CCCC(=O)O)CC3)nc2)c1. The molecule has 0 radical (unpaired) electrons. The number of carboxylic acid groups (broad SMARTS) is 1. The molecule has 0 unspecified atom stereocenters. The number of hydrogen-bond donors (Lipinski definition) is 2. The number of nitrogens with zero attached hydrogens (tertiary/aromatic N) is 5. The first-order valence-corrected chi connectivity index (χ1v) is 11.6. The molecule has 190 valence electrons. The maximum absolute atomic E-state index is 13.0. The van der Waals surface area contributed by atoms with Gasteiger partial charge in [0.15, 0.2) is 0 Å². The Hall–Kier alpha value is -3.73. The van der Waals surface area contributed by atoms with E-state index in [1.807, 2.05) is 37.3 Å². The van der Waals surface area contributed by atoms with Gasteiger partial charge in [0, 0.05) is 56.2 Å². The Morgan fingerprint density at radius 3 is 2.50 bits per heavy atom. The van der Waals surface area contributed by atoms with E-state index < -0.39 is 17.8 Å². The molecular weight excluding hydrogens is 473 g/mol. The minimum atomic E-state index is -4.54. The summed E-state index contributed by atoms with van der Waals surface area (Å²) in [5.74, 6) is -0.0253. The number of aromatic nitrogens is 3. The lowest BCUT2D eigenvalue weighted by molar-refractivity contribution is -0.141. The molecule has 1 aliphatic rings. The zero-order valence-corrected chi connectivity index (χ0v) is 19.8. The van der Waals surface area contributed by atoms with Crippen LogP contribution in [0.4, 0.5) is 30.6 Å². The normalized spacial score (nSPS) is 14.6. The largest absolute Gasteiger partial charge is 0.481 e. The summed E-state index contributed by atoms with van der Waals surface area (Å²) in [5, 5.41) is 11.7. The van der Waals surface area contributed by atoms with Crippen molar-refractivity contribution in [3.8, 4) is 11.1 Å². The molecule has 1 fully saturated rings. The van der Waals surface area contributed by atoms with Crippen LogP contribution in [0.2, 0.25) is 0 Å². The molecule has 3 aromatic rings. The number of carboxylic acids is 1. The molecule has 2 aromatic heterocycles. The van der Waals surface area contributed by atoms with E-state index in [1.54, 1.807) is 6.20 Å². The molecule has 4 rings (SSSR count). The summed E-state index contributed by atoms with van der Waals surface area (Å²) < 4.78 is 38.9. The van der Waals surface area contributed by atoms with Crippen molar-refractivity contribution in [3.63, 3.8) is 0 Å². The van der Waals surface area contributed by atoms with Gasteiger partial charge >= 0.3 is 12.1 Å². The van der Waals surface area contributed by atoms with Gasteiger partial charge in [-0.05, 0) is 61.3 Å². The van der Waals surface area contributed by atoms with E-state index in [4.69, 9.17) is 5.11 Å². The molecule has 1 aliphatic heterocycles. The number of pyridine rings is 1. The van der Waals surface area contributed by atoms with Crippen LogP contribution in [0.15, 0.2) is 48.8 Å². The van der Waals surface area contributed by atoms with Gasteiger partial charge in [0.2, 0.25) is 5.95 Å². The van der Waals surface area contributed by atoms with Crippen LogP contribution >= 0.6 is 0 Å². The van der Waals surface area contributed by atoms with Gasteiger partial charge in [0.25, 0.3) is 0 Å². The number of rotatable bonds is 8. The van der Waals surface area contributed by atoms with E-state index >= 15 is 0 Å². The molecule has 36 heavy (non-hydrogen) atoms. The summed E-state index contributed by atoms with van der Waals surface area (Å²) in [5.41, 5.74) is 2.24. The maximum atomic E-state index is 13.0. The molecule has 0 amide bonds. The molecule has 3 heterocycles. The van der Waals surface area contributed by atoms with E-state index in [1.165, 1.54) is 0 Å². The first-order chi connectivity index (χ1) is 17.2. The Morgan fingerprint density at radius 1 is 1.06 bits per heavy atom. The second-order valence-corrected chi connectivity index (χ2v) is 8.71. The highest BCUT2D eigenvalue weighted by Gasteiger charge is 2.32. The Balaban J connectivity index is 1.41. The van der Waals surface area contributed by atoms with Crippen LogP contribution in [-0.2, 0) is 11.0 Å². The summed E-state index contributed by atoms with van der Waals surface area (Å²) in [6.45, 7) is 6.02. The molecule has 0 saturated carbocycles. The van der Waals surface area contributed by atoms with Crippen molar-refractivity contribution in [2.24, 2.45) is 0 Å². The van der Waals surface area contributed by atoms with Crippen LogP contribution in [0.5, 0.6) is 0 Å². The van der Waals surface area contributed by atoms with Crippen molar-refractivity contribution >= 4 is 23.4 Å². The van der Waals surface area contributed by atoms with Crippen molar-refractivity contribution in [3.05, 3.63) is 60.0 Å². The van der Waals surface area contributed by atoms with E-state index in [0.717, 1.165) is 67.5 Å². The molecule has 0 aliphatic carbocycles. The zero-order valence-electron chi connectivity index (χ0n) is 19.8. The number of hydrogen-bond acceptors (Lipinski definition) is 7. The average Bonchev–Trinajstić information content (AvgIpc) is 2.84. The number of halogens is 3. The van der Waals surface area contributed by atoms with Crippen molar-refractivity contribution < 1.29 is 23.1 Å². The Labute approximate surface area is 206 Å². The third-order valence-electron chi connectivity index (χ3n) is 5.92. The van der Waals surface area contributed by atoms with Crippen LogP contribution in [0, 0.1) is 6.92 Å². The van der Waals surface area contributed by atoms with Crippen molar-refractivity contribution in [2.75, 3.05) is 42.9 Å². The number of aryl methyl sites for hydroxylation is 1. The Bertz CT molecular complexity index is 1200. The summed E-state index contributed by atoms with van der Waals surface area (Å²) in [6, 6.07) is 10.4. The third kappa shape index (κ3) is 6.69. The molecule has 1 saturated heterocycles. The maximum Gasteiger partial charge on any atom is 0.433 e. The fraction of sp³-hybridized carbons (Fsp3) is 0.360. The summed E-state index contributed by atoms with van der Waals surface area (Å²) >= 11 is 0. The van der Waals surface area contributed by atoms with E-state index in [9.17, 15) is 18.0 Å². The van der Waals surface area contributed by atoms with Gasteiger partial charge in [0.1, 0.15) is 11.5 Å². The monoisotopic (exact) mass is 500 g/mol. The van der Waals surface area contributed by atoms with Gasteiger partial charge in [-0.15, -0.1) is 0 Å². The van der Waals surface area contributed by atoms with Crippen LogP contribution in [-0.4, -0.2) is 63.7 Å². The van der Waals surface area contributed by atoms with Gasteiger partial charge < -0.3 is 15.3 Å². The molecule has 0 bridgehead atoms.